The number of rotatable bonds is 5. The van der Waals surface area contributed by atoms with E-state index in [1.807, 2.05) is 0 Å². The van der Waals surface area contributed by atoms with Crippen LogP contribution in [0.3, 0.4) is 0 Å². The fourth-order valence-electron chi connectivity index (χ4n) is 1.51. The molecule has 0 radical (unpaired) electrons. The summed E-state index contributed by atoms with van der Waals surface area (Å²) in [4.78, 5) is 4.17. The van der Waals surface area contributed by atoms with E-state index in [1.54, 1.807) is 38.4 Å². The van der Waals surface area contributed by atoms with Gasteiger partial charge in [0.2, 0.25) is 10.0 Å². The number of hydrogen-bond acceptors (Lipinski definition) is 5. The van der Waals surface area contributed by atoms with Crippen LogP contribution < -0.4 is 10.0 Å². The van der Waals surface area contributed by atoms with Crippen LogP contribution >= 0.6 is 0 Å². The zero-order chi connectivity index (χ0) is 13.9. The number of aromatic nitrogens is 3. The number of sulfonamides is 1. The number of aryl methyl sites for hydroxylation is 1. The molecule has 2 aromatic rings. The molecule has 0 fully saturated rings. The molecule has 0 aliphatic heterocycles. The van der Waals surface area contributed by atoms with Crippen LogP contribution in [0.15, 0.2) is 35.5 Å². The minimum atomic E-state index is -3.54. The number of nitrogens with one attached hydrogen (secondary N) is 2. The summed E-state index contributed by atoms with van der Waals surface area (Å²) in [5, 5.41) is 6.93. The third-order valence-corrected chi connectivity index (χ3v) is 3.94. The summed E-state index contributed by atoms with van der Waals surface area (Å²) in [6, 6.07) is 6.49. The van der Waals surface area contributed by atoms with E-state index in [-0.39, 0.29) is 11.4 Å². The topological polar surface area (TPSA) is 88.9 Å². The van der Waals surface area contributed by atoms with E-state index in [0.717, 1.165) is 5.69 Å². The van der Waals surface area contributed by atoms with Gasteiger partial charge in [-0.2, -0.15) is 5.10 Å². The van der Waals surface area contributed by atoms with Gasteiger partial charge in [-0.25, -0.2) is 18.1 Å². The Morgan fingerprint density at radius 1 is 1.26 bits per heavy atom. The normalized spacial score (nSPS) is 11.5. The lowest BCUT2D eigenvalue weighted by molar-refractivity contribution is 0.578. The Morgan fingerprint density at radius 2 is 1.95 bits per heavy atom. The van der Waals surface area contributed by atoms with Crippen LogP contribution in [-0.4, -0.2) is 30.2 Å². The molecule has 102 valence electrons. The minimum absolute atomic E-state index is 0.0664. The first-order valence-electron chi connectivity index (χ1n) is 5.63. The summed E-state index contributed by atoms with van der Waals surface area (Å²) in [7, 11) is -0.0452. The molecule has 1 aromatic heterocycles. The Kier molecular flexibility index (Phi) is 3.82. The number of nitrogens with zero attached hydrogens (tertiary/aromatic N) is 3. The van der Waals surface area contributed by atoms with Crippen molar-refractivity contribution in [1.82, 2.24) is 19.5 Å². The van der Waals surface area contributed by atoms with Gasteiger partial charge in [0.05, 0.1) is 11.4 Å². The van der Waals surface area contributed by atoms with Gasteiger partial charge < -0.3 is 5.32 Å². The second-order valence-electron chi connectivity index (χ2n) is 3.93. The lowest BCUT2D eigenvalue weighted by Gasteiger charge is -2.06. The Morgan fingerprint density at radius 3 is 2.47 bits per heavy atom. The molecule has 19 heavy (non-hydrogen) atoms. The molecular formula is C11H15N5O2S. The summed E-state index contributed by atoms with van der Waals surface area (Å²) in [6.07, 6.45) is 1.52. The molecule has 2 N–H and O–H groups in total. The summed E-state index contributed by atoms with van der Waals surface area (Å²) < 4.78 is 28.0. The SMILES string of the molecule is CNc1ccc(S(=O)(=O)NCc2ncn(C)n2)cc1. The van der Waals surface area contributed by atoms with Gasteiger partial charge in [0.1, 0.15) is 6.33 Å². The molecule has 1 heterocycles. The minimum Gasteiger partial charge on any atom is -0.388 e. The van der Waals surface area contributed by atoms with E-state index in [1.165, 1.54) is 11.0 Å². The van der Waals surface area contributed by atoms with Crippen molar-refractivity contribution in [3.05, 3.63) is 36.4 Å². The van der Waals surface area contributed by atoms with Crippen molar-refractivity contribution in [1.29, 1.82) is 0 Å². The van der Waals surface area contributed by atoms with Crippen molar-refractivity contribution < 1.29 is 8.42 Å². The van der Waals surface area contributed by atoms with Gasteiger partial charge in [-0.15, -0.1) is 0 Å². The first-order chi connectivity index (χ1) is 9.01. The molecule has 8 heteroatoms. The largest absolute Gasteiger partial charge is 0.388 e. The highest BCUT2D eigenvalue weighted by Crippen LogP contribution is 2.13. The molecule has 0 aliphatic rings. The zero-order valence-electron chi connectivity index (χ0n) is 10.7. The van der Waals surface area contributed by atoms with Crippen molar-refractivity contribution in [3.63, 3.8) is 0 Å². The van der Waals surface area contributed by atoms with E-state index in [2.05, 4.69) is 20.1 Å². The molecule has 0 aliphatic carbocycles. The Hall–Kier alpha value is -1.93. The summed E-state index contributed by atoms with van der Waals surface area (Å²) in [6.45, 7) is 0.0664. The van der Waals surface area contributed by atoms with Crippen molar-refractivity contribution in [2.75, 3.05) is 12.4 Å². The van der Waals surface area contributed by atoms with E-state index < -0.39 is 10.0 Å². The Labute approximate surface area is 111 Å². The second kappa shape index (κ2) is 5.37. The van der Waals surface area contributed by atoms with Crippen LogP contribution in [0.5, 0.6) is 0 Å². The molecule has 0 saturated carbocycles. The molecule has 0 atom stereocenters. The van der Waals surface area contributed by atoms with Crippen LogP contribution in [0, 0.1) is 0 Å². The maximum absolute atomic E-state index is 12.0. The fourth-order valence-corrected chi connectivity index (χ4v) is 2.49. The van der Waals surface area contributed by atoms with Crippen molar-refractivity contribution >= 4 is 15.7 Å². The predicted molar refractivity (Wildman–Crippen MR) is 71.0 cm³/mol. The van der Waals surface area contributed by atoms with Gasteiger partial charge in [-0.3, -0.25) is 4.68 Å². The molecule has 0 unspecified atom stereocenters. The molecule has 1 aromatic carbocycles. The molecule has 0 amide bonds. The molecule has 0 saturated heterocycles. The van der Waals surface area contributed by atoms with E-state index in [0.29, 0.717) is 5.82 Å². The number of hydrogen-bond donors (Lipinski definition) is 2. The highest BCUT2D eigenvalue weighted by atomic mass is 32.2. The quantitative estimate of drug-likeness (QED) is 0.824. The van der Waals surface area contributed by atoms with Gasteiger partial charge in [-0.05, 0) is 24.3 Å². The third-order valence-electron chi connectivity index (χ3n) is 2.52. The number of benzene rings is 1. The molecule has 0 bridgehead atoms. The van der Waals surface area contributed by atoms with Gasteiger partial charge in [0.25, 0.3) is 0 Å². The van der Waals surface area contributed by atoms with Crippen molar-refractivity contribution in [2.24, 2.45) is 7.05 Å². The Balaban J connectivity index is 2.09. The van der Waals surface area contributed by atoms with Crippen LogP contribution in [0.4, 0.5) is 5.69 Å². The van der Waals surface area contributed by atoms with Crippen molar-refractivity contribution in [2.45, 2.75) is 11.4 Å². The highest BCUT2D eigenvalue weighted by Gasteiger charge is 2.14. The highest BCUT2D eigenvalue weighted by molar-refractivity contribution is 7.89. The molecule has 0 spiro atoms. The van der Waals surface area contributed by atoms with Crippen LogP contribution in [0.2, 0.25) is 0 Å². The van der Waals surface area contributed by atoms with Crippen molar-refractivity contribution in [3.8, 4) is 0 Å². The average Bonchev–Trinajstić information content (AvgIpc) is 2.82. The van der Waals surface area contributed by atoms with Gasteiger partial charge in [0.15, 0.2) is 5.82 Å². The third kappa shape index (κ3) is 3.30. The first-order valence-corrected chi connectivity index (χ1v) is 7.11. The van der Waals surface area contributed by atoms with E-state index in [4.69, 9.17) is 0 Å². The second-order valence-corrected chi connectivity index (χ2v) is 5.70. The molecule has 2 rings (SSSR count). The lowest BCUT2D eigenvalue weighted by atomic mass is 10.3. The number of anilines is 1. The van der Waals surface area contributed by atoms with Crippen LogP contribution in [-0.2, 0) is 23.6 Å². The van der Waals surface area contributed by atoms with E-state index in [9.17, 15) is 8.42 Å². The maximum Gasteiger partial charge on any atom is 0.240 e. The summed E-state index contributed by atoms with van der Waals surface area (Å²) >= 11 is 0. The monoisotopic (exact) mass is 281 g/mol. The van der Waals surface area contributed by atoms with E-state index >= 15 is 0 Å². The standard InChI is InChI=1S/C11H15N5O2S/c1-12-9-3-5-10(6-4-9)19(17,18)14-7-11-13-8-16(2)15-11/h3-6,8,12,14H,7H2,1-2H3. The molecular weight excluding hydrogens is 266 g/mol. The maximum atomic E-state index is 12.0. The smallest absolute Gasteiger partial charge is 0.240 e. The Bertz CT molecular complexity index is 648. The van der Waals surface area contributed by atoms with Gasteiger partial charge in [0, 0.05) is 19.8 Å². The zero-order valence-corrected chi connectivity index (χ0v) is 11.5. The fraction of sp³-hybridized carbons (Fsp3) is 0.273. The van der Waals surface area contributed by atoms with Crippen LogP contribution in [0.25, 0.3) is 0 Å². The van der Waals surface area contributed by atoms with Gasteiger partial charge >= 0.3 is 0 Å². The predicted octanol–water partition coefficient (Wildman–Crippen LogP) is 0.335. The molecule has 7 nitrogen and oxygen atoms in total. The van der Waals surface area contributed by atoms with Crippen LogP contribution in [0.1, 0.15) is 5.82 Å². The summed E-state index contributed by atoms with van der Waals surface area (Å²) in [5.74, 6) is 0.429. The van der Waals surface area contributed by atoms with Gasteiger partial charge in [-0.1, -0.05) is 0 Å². The average molecular weight is 281 g/mol. The first kappa shape index (κ1) is 13.5. The summed E-state index contributed by atoms with van der Waals surface area (Å²) in [5.41, 5.74) is 0.852. The lowest BCUT2D eigenvalue weighted by Crippen LogP contribution is -2.23.